The monoisotopic (exact) mass is 474 g/mol. The fourth-order valence-electron chi connectivity index (χ4n) is 2.79. The molecule has 0 aromatic heterocycles. The van der Waals surface area contributed by atoms with E-state index in [4.69, 9.17) is 9.47 Å². The molecule has 1 saturated heterocycles. The van der Waals surface area contributed by atoms with Gasteiger partial charge in [-0.15, -0.1) is 0 Å². The van der Waals surface area contributed by atoms with Crippen LogP contribution in [0.15, 0.2) is 52.5 Å². The lowest BCUT2D eigenvalue weighted by atomic mass is 10.1. The maximum atomic E-state index is 12.8. The molecular weight excluding hydrogens is 456 g/mol. The number of benzene rings is 2. The molecule has 2 aromatic rings. The number of esters is 1. The Kier molecular flexibility index (Phi) is 6.41. The van der Waals surface area contributed by atoms with Gasteiger partial charge in [0, 0.05) is 4.47 Å². The van der Waals surface area contributed by atoms with Crippen LogP contribution < -0.4 is 19.9 Å². The van der Waals surface area contributed by atoms with Crippen molar-refractivity contribution in [3.05, 3.63) is 58.1 Å². The highest BCUT2D eigenvalue weighted by atomic mass is 79.9. The van der Waals surface area contributed by atoms with Crippen molar-refractivity contribution in [2.45, 2.75) is 13.0 Å². The van der Waals surface area contributed by atoms with Gasteiger partial charge >= 0.3 is 5.97 Å². The lowest BCUT2D eigenvalue weighted by molar-refractivity contribution is -0.148. The summed E-state index contributed by atoms with van der Waals surface area (Å²) in [6.45, 7) is 1.55. The zero-order chi connectivity index (χ0) is 21.8. The number of rotatable bonds is 6. The maximum Gasteiger partial charge on any atom is 0.346 e. The Morgan fingerprint density at radius 3 is 2.47 bits per heavy atom. The van der Waals surface area contributed by atoms with Crippen LogP contribution in [0.25, 0.3) is 6.08 Å². The highest BCUT2D eigenvalue weighted by Crippen LogP contribution is 2.36. The molecule has 2 aromatic carbocycles. The molecule has 0 spiro atoms. The number of para-hydroxylation sites is 1. The third-order valence-corrected chi connectivity index (χ3v) is 5.01. The number of hydrogen-bond donors (Lipinski definition) is 1. The number of anilines is 1. The van der Waals surface area contributed by atoms with E-state index in [-0.39, 0.29) is 5.57 Å². The average Bonchev–Trinajstić information content (AvgIpc) is 3.03. The predicted molar refractivity (Wildman–Crippen MR) is 113 cm³/mol. The summed E-state index contributed by atoms with van der Waals surface area (Å²) in [6, 6.07) is 12.0. The van der Waals surface area contributed by atoms with Gasteiger partial charge in [-0.2, -0.15) is 0 Å². The highest BCUT2D eigenvalue weighted by Gasteiger charge is 2.34. The molecule has 9 heteroatoms. The first-order valence-corrected chi connectivity index (χ1v) is 9.69. The molecule has 0 unspecified atom stereocenters. The van der Waals surface area contributed by atoms with Crippen LogP contribution in [0.2, 0.25) is 0 Å². The molecule has 3 rings (SSSR count). The van der Waals surface area contributed by atoms with Gasteiger partial charge in [0.2, 0.25) is 0 Å². The summed E-state index contributed by atoms with van der Waals surface area (Å²) in [7, 11) is 2.72. The average molecular weight is 475 g/mol. The third kappa shape index (κ3) is 4.30. The number of nitrogens with zero attached hydrogens (tertiary/aromatic N) is 1. The normalized spacial score (nSPS) is 15.7. The molecule has 8 nitrogen and oxygen atoms in total. The van der Waals surface area contributed by atoms with Crippen LogP contribution in [0.4, 0.5) is 5.69 Å². The molecule has 2 amide bonds. The van der Waals surface area contributed by atoms with Crippen LogP contribution in [0.5, 0.6) is 11.5 Å². The fraction of sp³-hybridized carbons (Fsp3) is 0.190. The summed E-state index contributed by atoms with van der Waals surface area (Å²) >= 11 is 3.41. The van der Waals surface area contributed by atoms with Crippen molar-refractivity contribution in [3.8, 4) is 11.5 Å². The van der Waals surface area contributed by atoms with Crippen LogP contribution in [-0.2, 0) is 19.1 Å². The first kappa shape index (κ1) is 21.4. The molecule has 0 saturated carbocycles. The van der Waals surface area contributed by atoms with Gasteiger partial charge in [0.25, 0.3) is 11.8 Å². The number of methoxy groups -OCH3 is 2. The molecule has 1 fully saturated rings. The summed E-state index contributed by atoms with van der Waals surface area (Å²) in [5, 5.41) is 1.19. The third-order valence-electron chi connectivity index (χ3n) is 4.33. The summed E-state index contributed by atoms with van der Waals surface area (Å²) < 4.78 is 16.1. The van der Waals surface area contributed by atoms with Gasteiger partial charge in [-0.3, -0.25) is 15.0 Å². The van der Waals surface area contributed by atoms with Gasteiger partial charge < -0.3 is 14.2 Å². The molecule has 1 atom stereocenters. The van der Waals surface area contributed by atoms with E-state index < -0.39 is 23.9 Å². The minimum Gasteiger partial charge on any atom is -0.493 e. The highest BCUT2D eigenvalue weighted by molar-refractivity contribution is 9.10. The van der Waals surface area contributed by atoms with Crippen LogP contribution in [-0.4, -0.2) is 38.1 Å². The number of hydrazine groups is 1. The lowest BCUT2D eigenvalue weighted by Gasteiger charge is -2.16. The van der Waals surface area contributed by atoms with E-state index in [0.717, 1.165) is 0 Å². The first-order chi connectivity index (χ1) is 14.3. The van der Waals surface area contributed by atoms with Gasteiger partial charge in [-0.1, -0.05) is 34.1 Å². The number of hydrogen-bond acceptors (Lipinski definition) is 6. The molecule has 1 N–H and O–H groups in total. The smallest absolute Gasteiger partial charge is 0.346 e. The Balaban J connectivity index is 1.92. The Labute approximate surface area is 181 Å². The van der Waals surface area contributed by atoms with Crippen molar-refractivity contribution in [3.63, 3.8) is 0 Å². The predicted octanol–water partition coefficient (Wildman–Crippen LogP) is 2.86. The topological polar surface area (TPSA) is 94.2 Å². The number of halogens is 1. The first-order valence-electron chi connectivity index (χ1n) is 8.90. The van der Waals surface area contributed by atoms with Gasteiger partial charge in [-0.25, -0.2) is 9.80 Å². The number of carbonyl (C=O) groups is 3. The molecule has 1 aliphatic heterocycles. The van der Waals surface area contributed by atoms with E-state index >= 15 is 0 Å². The van der Waals surface area contributed by atoms with Crippen LogP contribution in [0.3, 0.4) is 0 Å². The molecule has 0 radical (unpaired) electrons. The maximum absolute atomic E-state index is 12.8. The van der Waals surface area contributed by atoms with Gasteiger partial charge in [0.15, 0.2) is 17.6 Å². The minimum absolute atomic E-state index is 0.0294. The standard InChI is InChI=1S/C21H19BrN2O6/c1-12(21(27)29-3)30-18-11-16(22)13(10-17(18)28-2)9-15-19(25)23-24(20(15)26)14-7-5-4-6-8-14/h4-12H,1-3H3,(H,23,25)/b15-9-/t12-/m0/s1. The second-order valence-corrected chi connectivity index (χ2v) is 7.14. The van der Waals surface area contributed by atoms with E-state index in [0.29, 0.717) is 27.2 Å². The minimum atomic E-state index is -0.846. The molecule has 30 heavy (non-hydrogen) atoms. The zero-order valence-corrected chi connectivity index (χ0v) is 18.1. The number of ether oxygens (including phenoxy) is 3. The van der Waals surface area contributed by atoms with E-state index in [1.165, 1.54) is 25.3 Å². The van der Waals surface area contributed by atoms with Crippen molar-refractivity contribution in [2.24, 2.45) is 0 Å². The van der Waals surface area contributed by atoms with Crippen molar-refractivity contribution in [1.29, 1.82) is 0 Å². The molecule has 156 valence electrons. The van der Waals surface area contributed by atoms with Gasteiger partial charge in [0.05, 0.1) is 19.9 Å². The summed E-state index contributed by atoms with van der Waals surface area (Å²) in [6.07, 6.45) is 0.613. The Morgan fingerprint density at radius 2 is 1.83 bits per heavy atom. The largest absolute Gasteiger partial charge is 0.493 e. The molecular formula is C21H19BrN2O6. The van der Waals surface area contributed by atoms with Crippen molar-refractivity contribution < 1.29 is 28.6 Å². The molecule has 1 heterocycles. The molecule has 0 bridgehead atoms. The zero-order valence-electron chi connectivity index (χ0n) is 16.5. The SMILES string of the molecule is COC(=O)[C@H](C)Oc1cc(Br)c(/C=C2/C(=O)NN(c3ccccc3)C2=O)cc1OC. The van der Waals surface area contributed by atoms with E-state index in [1.807, 2.05) is 6.07 Å². The van der Waals surface area contributed by atoms with E-state index in [9.17, 15) is 14.4 Å². The Bertz CT molecular complexity index is 1020. The van der Waals surface area contributed by atoms with Crippen LogP contribution >= 0.6 is 15.9 Å². The fourth-order valence-corrected chi connectivity index (χ4v) is 3.23. The number of carbonyl (C=O) groups excluding carboxylic acids is 3. The molecule has 1 aliphatic rings. The van der Waals surface area contributed by atoms with Crippen LogP contribution in [0.1, 0.15) is 12.5 Å². The van der Waals surface area contributed by atoms with Crippen molar-refractivity contribution in [1.82, 2.24) is 5.43 Å². The quantitative estimate of drug-likeness (QED) is 0.393. The summed E-state index contributed by atoms with van der Waals surface area (Å²) in [5.74, 6) is -0.899. The summed E-state index contributed by atoms with van der Waals surface area (Å²) in [5.41, 5.74) is 3.60. The van der Waals surface area contributed by atoms with E-state index in [1.54, 1.807) is 43.3 Å². The number of nitrogens with one attached hydrogen (secondary N) is 1. The van der Waals surface area contributed by atoms with E-state index in [2.05, 4.69) is 26.1 Å². The second kappa shape index (κ2) is 9.00. The lowest BCUT2D eigenvalue weighted by Crippen LogP contribution is -2.35. The Hall–Kier alpha value is -3.33. The second-order valence-electron chi connectivity index (χ2n) is 6.28. The molecule has 0 aliphatic carbocycles. The Morgan fingerprint density at radius 1 is 1.13 bits per heavy atom. The van der Waals surface area contributed by atoms with Gasteiger partial charge in [-0.05, 0) is 42.8 Å². The van der Waals surface area contributed by atoms with Gasteiger partial charge in [0.1, 0.15) is 5.57 Å². The van der Waals surface area contributed by atoms with Crippen molar-refractivity contribution in [2.75, 3.05) is 19.2 Å². The van der Waals surface area contributed by atoms with Crippen LogP contribution in [0, 0.1) is 0 Å². The van der Waals surface area contributed by atoms with Crippen molar-refractivity contribution >= 4 is 45.5 Å². The number of amides is 2. The summed E-state index contributed by atoms with van der Waals surface area (Å²) in [4.78, 5) is 36.8.